The van der Waals surface area contributed by atoms with Crippen molar-refractivity contribution in [3.8, 4) is 0 Å². The van der Waals surface area contributed by atoms with Crippen LogP contribution in [-0.2, 0) is 0 Å². The molecule has 3 nitrogen and oxygen atoms in total. The Labute approximate surface area is 138 Å². The third-order valence-corrected chi connectivity index (χ3v) is 3.71. The lowest BCUT2D eigenvalue weighted by Crippen LogP contribution is -2.14. The maximum atomic E-state index is 12.0. The molecule has 1 N–H and O–H groups in total. The van der Waals surface area contributed by atoms with E-state index < -0.39 is 5.91 Å². The van der Waals surface area contributed by atoms with Crippen LogP contribution < -0.4 is 5.32 Å². The zero-order valence-electron chi connectivity index (χ0n) is 9.25. The van der Waals surface area contributed by atoms with Gasteiger partial charge in [-0.05, 0) is 52.9 Å². The van der Waals surface area contributed by atoms with Gasteiger partial charge in [-0.2, -0.15) is 0 Å². The number of hydrogen-bond donors (Lipinski definition) is 1. The van der Waals surface area contributed by atoms with Crippen molar-refractivity contribution in [1.29, 1.82) is 0 Å². The fourth-order valence-electron chi connectivity index (χ4n) is 1.35. The van der Waals surface area contributed by atoms with Gasteiger partial charge in [0.2, 0.25) is 0 Å². The van der Waals surface area contributed by atoms with E-state index in [1.54, 1.807) is 12.1 Å². The van der Waals surface area contributed by atoms with Crippen LogP contribution in [0.15, 0.2) is 30.3 Å². The zero-order valence-corrected chi connectivity index (χ0v) is 13.7. The molecule has 0 aliphatic carbocycles. The van der Waals surface area contributed by atoms with E-state index in [1.165, 1.54) is 12.1 Å². The third-order valence-electron chi connectivity index (χ3n) is 2.21. The van der Waals surface area contributed by atoms with Gasteiger partial charge >= 0.3 is 0 Å². The number of amides is 1. The monoisotopic (exact) mass is 426 g/mol. The maximum Gasteiger partial charge on any atom is 0.275 e. The molecule has 1 amide bonds. The predicted molar refractivity (Wildman–Crippen MR) is 86.4 cm³/mol. The topological polar surface area (TPSA) is 42.0 Å². The Kier molecular flexibility index (Phi) is 4.89. The second kappa shape index (κ2) is 6.26. The van der Waals surface area contributed by atoms with Crippen molar-refractivity contribution in [1.82, 2.24) is 4.98 Å². The van der Waals surface area contributed by atoms with E-state index in [1.807, 2.05) is 6.07 Å². The SMILES string of the molecule is O=C(Nc1ccc(I)cc1Cl)c1nc(Cl)ccc1Cl. The summed E-state index contributed by atoms with van der Waals surface area (Å²) in [5, 5.41) is 3.51. The molecule has 0 unspecified atom stereocenters. The van der Waals surface area contributed by atoms with Gasteiger partial charge in [-0.15, -0.1) is 0 Å². The van der Waals surface area contributed by atoms with Crippen LogP contribution in [0.3, 0.4) is 0 Å². The van der Waals surface area contributed by atoms with Gasteiger partial charge in [0, 0.05) is 3.57 Å². The summed E-state index contributed by atoms with van der Waals surface area (Å²) in [5.41, 5.74) is 0.550. The Balaban J connectivity index is 2.28. The summed E-state index contributed by atoms with van der Waals surface area (Å²) in [5.74, 6) is -0.462. The number of carbonyl (C=O) groups excluding carboxylic acids is 1. The largest absolute Gasteiger partial charge is 0.319 e. The average Bonchev–Trinajstić information content (AvgIpc) is 2.35. The van der Waals surface area contributed by atoms with Crippen LogP contribution in [0.4, 0.5) is 5.69 Å². The highest BCUT2D eigenvalue weighted by Crippen LogP contribution is 2.25. The first-order valence-electron chi connectivity index (χ1n) is 5.06. The predicted octanol–water partition coefficient (Wildman–Crippen LogP) is 4.90. The summed E-state index contributed by atoms with van der Waals surface area (Å²) in [4.78, 5) is 15.9. The molecule has 0 atom stereocenters. The summed E-state index contributed by atoms with van der Waals surface area (Å²) >= 11 is 19.8. The number of anilines is 1. The van der Waals surface area contributed by atoms with Crippen molar-refractivity contribution in [2.45, 2.75) is 0 Å². The molecule has 0 fully saturated rings. The molecule has 1 aromatic carbocycles. The van der Waals surface area contributed by atoms with Gasteiger partial charge in [0.05, 0.1) is 15.7 Å². The fraction of sp³-hybridized carbons (Fsp3) is 0. The molecule has 0 aliphatic heterocycles. The molecule has 7 heteroatoms. The average molecular weight is 427 g/mol. The molecule has 0 radical (unpaired) electrons. The van der Waals surface area contributed by atoms with E-state index in [9.17, 15) is 4.79 Å². The lowest BCUT2D eigenvalue weighted by Gasteiger charge is -2.08. The second-order valence-corrected chi connectivity index (χ2v) is 5.99. The van der Waals surface area contributed by atoms with E-state index in [0.717, 1.165) is 3.57 Å². The highest BCUT2D eigenvalue weighted by atomic mass is 127. The smallest absolute Gasteiger partial charge is 0.275 e. The molecule has 1 aromatic heterocycles. The normalized spacial score (nSPS) is 10.3. The lowest BCUT2D eigenvalue weighted by molar-refractivity contribution is 0.102. The van der Waals surface area contributed by atoms with Gasteiger partial charge in [0.1, 0.15) is 10.8 Å². The summed E-state index contributed by atoms with van der Waals surface area (Å²) in [7, 11) is 0. The van der Waals surface area contributed by atoms with Crippen molar-refractivity contribution in [2.24, 2.45) is 0 Å². The minimum Gasteiger partial charge on any atom is -0.319 e. The van der Waals surface area contributed by atoms with Crippen LogP contribution in [0.2, 0.25) is 15.2 Å². The van der Waals surface area contributed by atoms with Crippen LogP contribution in [0.1, 0.15) is 10.5 Å². The van der Waals surface area contributed by atoms with Crippen molar-refractivity contribution < 1.29 is 4.79 Å². The molecular weight excluding hydrogens is 421 g/mol. The second-order valence-electron chi connectivity index (χ2n) is 3.54. The summed E-state index contributed by atoms with van der Waals surface area (Å²) in [6.07, 6.45) is 0. The van der Waals surface area contributed by atoms with E-state index >= 15 is 0 Å². The number of hydrogen-bond acceptors (Lipinski definition) is 2. The number of halogens is 4. The Morgan fingerprint density at radius 2 is 1.84 bits per heavy atom. The van der Waals surface area contributed by atoms with E-state index in [2.05, 4.69) is 32.9 Å². The van der Waals surface area contributed by atoms with Crippen LogP contribution in [-0.4, -0.2) is 10.9 Å². The van der Waals surface area contributed by atoms with Crippen molar-refractivity contribution in [3.63, 3.8) is 0 Å². The Hall–Kier alpha value is -0.560. The Morgan fingerprint density at radius 1 is 1.11 bits per heavy atom. The van der Waals surface area contributed by atoms with Crippen LogP contribution in [0.25, 0.3) is 0 Å². The van der Waals surface area contributed by atoms with Crippen LogP contribution in [0, 0.1) is 3.57 Å². The molecule has 0 aliphatic rings. The first-order chi connectivity index (χ1) is 8.97. The molecule has 2 aromatic rings. The van der Waals surface area contributed by atoms with Gasteiger partial charge in [-0.25, -0.2) is 4.98 Å². The number of pyridine rings is 1. The fourth-order valence-corrected chi connectivity index (χ4v) is 2.59. The molecule has 0 saturated heterocycles. The summed E-state index contributed by atoms with van der Waals surface area (Å²) in [6.45, 7) is 0. The number of carbonyl (C=O) groups is 1. The van der Waals surface area contributed by atoms with Gasteiger partial charge in [-0.3, -0.25) is 4.79 Å². The standard InChI is InChI=1S/C12H6Cl3IN2O/c13-7-2-4-10(15)18-11(7)12(19)17-9-3-1-6(16)5-8(9)14/h1-5H,(H,17,19). The minimum atomic E-state index is -0.462. The highest BCUT2D eigenvalue weighted by Gasteiger charge is 2.14. The zero-order chi connectivity index (χ0) is 14.0. The maximum absolute atomic E-state index is 12.0. The molecule has 19 heavy (non-hydrogen) atoms. The van der Waals surface area contributed by atoms with Gasteiger partial charge < -0.3 is 5.32 Å². The molecule has 1 heterocycles. The lowest BCUT2D eigenvalue weighted by atomic mass is 10.3. The van der Waals surface area contributed by atoms with E-state index in [-0.39, 0.29) is 15.9 Å². The number of aromatic nitrogens is 1. The summed E-state index contributed by atoms with van der Waals surface area (Å²) in [6, 6.07) is 8.31. The first kappa shape index (κ1) is 14.8. The Morgan fingerprint density at radius 3 is 2.53 bits per heavy atom. The van der Waals surface area contributed by atoms with Gasteiger partial charge in [0.15, 0.2) is 0 Å². The molecule has 98 valence electrons. The quantitative estimate of drug-likeness (QED) is 0.547. The number of rotatable bonds is 2. The Bertz CT molecular complexity index is 649. The molecule has 0 bridgehead atoms. The van der Waals surface area contributed by atoms with Crippen molar-refractivity contribution >= 4 is 69.0 Å². The number of nitrogens with one attached hydrogen (secondary N) is 1. The molecule has 0 saturated carbocycles. The van der Waals surface area contributed by atoms with Gasteiger partial charge in [0.25, 0.3) is 5.91 Å². The summed E-state index contributed by atoms with van der Waals surface area (Å²) < 4.78 is 0.972. The van der Waals surface area contributed by atoms with E-state index in [0.29, 0.717) is 10.7 Å². The number of benzene rings is 1. The minimum absolute atomic E-state index is 0.0591. The molecule has 0 spiro atoms. The highest BCUT2D eigenvalue weighted by molar-refractivity contribution is 14.1. The molecule has 2 rings (SSSR count). The van der Waals surface area contributed by atoms with Crippen molar-refractivity contribution in [3.05, 3.63) is 54.8 Å². The van der Waals surface area contributed by atoms with Gasteiger partial charge in [-0.1, -0.05) is 34.8 Å². The third kappa shape index (κ3) is 3.72. The van der Waals surface area contributed by atoms with E-state index in [4.69, 9.17) is 34.8 Å². The van der Waals surface area contributed by atoms with Crippen LogP contribution >= 0.6 is 57.4 Å². The number of nitrogens with zero attached hydrogens (tertiary/aromatic N) is 1. The first-order valence-corrected chi connectivity index (χ1v) is 7.27. The van der Waals surface area contributed by atoms with Crippen LogP contribution in [0.5, 0.6) is 0 Å². The molecular formula is C12H6Cl3IN2O. The van der Waals surface area contributed by atoms with Crippen molar-refractivity contribution in [2.75, 3.05) is 5.32 Å².